The van der Waals surface area contributed by atoms with Crippen LogP contribution in [0, 0.1) is 6.92 Å². The number of carbonyl (C=O) groups excluding carboxylic acids is 2. The summed E-state index contributed by atoms with van der Waals surface area (Å²) in [5, 5.41) is 11.8. The maximum absolute atomic E-state index is 13.4. The fourth-order valence-electron chi connectivity index (χ4n) is 3.51. The molecule has 0 saturated carbocycles. The number of aromatic nitrogens is 3. The van der Waals surface area contributed by atoms with Crippen molar-refractivity contribution in [1.82, 2.24) is 14.8 Å². The number of rotatable bonds is 7. The summed E-state index contributed by atoms with van der Waals surface area (Å²) in [5.41, 5.74) is 4.08. The Kier molecular flexibility index (Phi) is 6.70. The molecule has 0 aliphatic heterocycles. The zero-order valence-electron chi connectivity index (χ0n) is 18.6. The topological polar surface area (TPSA) is 76.9 Å². The highest BCUT2D eigenvalue weighted by molar-refractivity contribution is 8.00. The number of amides is 1. The second-order valence-corrected chi connectivity index (χ2v) is 8.79. The molecule has 4 rings (SSSR count). The molecule has 1 heterocycles. The summed E-state index contributed by atoms with van der Waals surface area (Å²) in [6, 6.07) is 24.5. The second-order valence-electron chi connectivity index (χ2n) is 7.71. The Labute approximate surface area is 197 Å². The largest absolute Gasteiger partial charge is 0.325 e. The maximum Gasteiger partial charge on any atom is 0.242 e. The molecular formula is C26H24N4O2S. The molecule has 3 aromatic carbocycles. The molecule has 0 spiro atoms. The molecule has 0 bridgehead atoms. The van der Waals surface area contributed by atoms with E-state index < -0.39 is 5.25 Å². The standard InChI is InChI=1S/C26H24N4O2S/c1-17-10-7-8-15-22(17)24-28-29-26(30(24)3)33-23(19-11-5-4-6-12-19)25(32)27-21-14-9-13-20(16-21)18(2)31/h4-16,23H,1-3H3,(H,27,32). The van der Waals surface area contributed by atoms with Crippen LogP contribution in [0.5, 0.6) is 0 Å². The summed E-state index contributed by atoms with van der Waals surface area (Å²) in [6.45, 7) is 3.54. The number of nitrogens with zero attached hydrogens (tertiary/aromatic N) is 3. The summed E-state index contributed by atoms with van der Waals surface area (Å²) in [7, 11) is 1.90. The van der Waals surface area contributed by atoms with Gasteiger partial charge in [0.15, 0.2) is 16.8 Å². The Hall–Kier alpha value is -3.71. The summed E-state index contributed by atoms with van der Waals surface area (Å²) >= 11 is 1.34. The van der Waals surface area contributed by atoms with E-state index in [-0.39, 0.29) is 11.7 Å². The summed E-state index contributed by atoms with van der Waals surface area (Å²) in [5.74, 6) is 0.493. The predicted molar refractivity (Wildman–Crippen MR) is 131 cm³/mol. The molecule has 0 radical (unpaired) electrons. The quantitative estimate of drug-likeness (QED) is 0.295. The summed E-state index contributed by atoms with van der Waals surface area (Å²) in [4.78, 5) is 25.1. The Morgan fingerprint density at radius 3 is 2.39 bits per heavy atom. The van der Waals surface area contributed by atoms with Crippen molar-refractivity contribution in [2.45, 2.75) is 24.3 Å². The molecule has 1 N–H and O–H groups in total. The number of Topliss-reactive ketones (excluding diaryl/α,β-unsaturated/α-hetero) is 1. The molecule has 33 heavy (non-hydrogen) atoms. The van der Waals surface area contributed by atoms with Gasteiger partial charge in [-0.25, -0.2) is 0 Å². The third-order valence-electron chi connectivity index (χ3n) is 5.32. The van der Waals surface area contributed by atoms with E-state index >= 15 is 0 Å². The van der Waals surface area contributed by atoms with Crippen LogP contribution in [-0.2, 0) is 11.8 Å². The average Bonchev–Trinajstić information content (AvgIpc) is 3.18. The van der Waals surface area contributed by atoms with Crippen molar-refractivity contribution in [3.05, 3.63) is 95.6 Å². The normalized spacial score (nSPS) is 11.7. The van der Waals surface area contributed by atoms with E-state index in [2.05, 4.69) is 15.5 Å². The first-order valence-corrected chi connectivity index (χ1v) is 11.4. The van der Waals surface area contributed by atoms with Gasteiger partial charge in [0.2, 0.25) is 5.91 Å². The Balaban J connectivity index is 1.64. The molecule has 1 aromatic heterocycles. The van der Waals surface area contributed by atoms with Gasteiger partial charge in [0.1, 0.15) is 5.25 Å². The van der Waals surface area contributed by atoms with Crippen LogP contribution in [0.1, 0.15) is 33.7 Å². The van der Waals surface area contributed by atoms with Gasteiger partial charge in [0, 0.05) is 23.9 Å². The van der Waals surface area contributed by atoms with Crippen LogP contribution in [0.25, 0.3) is 11.4 Å². The predicted octanol–water partition coefficient (Wildman–Crippen LogP) is 5.47. The molecule has 0 saturated heterocycles. The van der Waals surface area contributed by atoms with Crippen molar-refractivity contribution in [1.29, 1.82) is 0 Å². The van der Waals surface area contributed by atoms with Gasteiger partial charge in [0.25, 0.3) is 0 Å². The van der Waals surface area contributed by atoms with Crippen LogP contribution in [0.3, 0.4) is 0 Å². The minimum absolute atomic E-state index is 0.0529. The van der Waals surface area contributed by atoms with E-state index in [0.717, 1.165) is 22.5 Å². The molecule has 1 amide bonds. The van der Waals surface area contributed by atoms with E-state index in [9.17, 15) is 9.59 Å². The van der Waals surface area contributed by atoms with Gasteiger partial charge in [-0.15, -0.1) is 10.2 Å². The molecule has 0 aliphatic rings. The van der Waals surface area contributed by atoms with Gasteiger partial charge in [0.05, 0.1) is 0 Å². The van der Waals surface area contributed by atoms with Crippen LogP contribution in [0.4, 0.5) is 5.69 Å². The van der Waals surface area contributed by atoms with Crippen LogP contribution >= 0.6 is 11.8 Å². The molecule has 7 heteroatoms. The number of aryl methyl sites for hydroxylation is 1. The molecule has 6 nitrogen and oxygen atoms in total. The van der Waals surface area contributed by atoms with Gasteiger partial charge in [-0.05, 0) is 37.1 Å². The molecule has 166 valence electrons. The van der Waals surface area contributed by atoms with Gasteiger partial charge in [-0.2, -0.15) is 0 Å². The monoisotopic (exact) mass is 456 g/mol. The van der Waals surface area contributed by atoms with Crippen molar-refractivity contribution < 1.29 is 9.59 Å². The van der Waals surface area contributed by atoms with Gasteiger partial charge in [-0.3, -0.25) is 9.59 Å². The SMILES string of the molecule is CC(=O)c1cccc(NC(=O)C(Sc2nnc(-c3ccccc3C)n2C)c2ccccc2)c1. The van der Waals surface area contributed by atoms with Crippen molar-refractivity contribution in [2.75, 3.05) is 5.32 Å². The van der Waals surface area contributed by atoms with E-state index in [1.165, 1.54) is 18.7 Å². The third kappa shape index (κ3) is 5.04. The highest BCUT2D eigenvalue weighted by Crippen LogP contribution is 2.36. The molecule has 0 fully saturated rings. The van der Waals surface area contributed by atoms with Gasteiger partial charge < -0.3 is 9.88 Å². The number of hydrogen-bond acceptors (Lipinski definition) is 5. The number of anilines is 1. The Morgan fingerprint density at radius 1 is 0.939 bits per heavy atom. The lowest BCUT2D eigenvalue weighted by Crippen LogP contribution is -2.19. The number of nitrogens with one attached hydrogen (secondary N) is 1. The van der Waals surface area contributed by atoms with E-state index in [0.29, 0.717) is 16.4 Å². The van der Waals surface area contributed by atoms with Crippen molar-refractivity contribution >= 4 is 29.1 Å². The lowest BCUT2D eigenvalue weighted by atomic mass is 10.1. The smallest absolute Gasteiger partial charge is 0.242 e. The highest BCUT2D eigenvalue weighted by atomic mass is 32.2. The van der Waals surface area contributed by atoms with Crippen LogP contribution in [-0.4, -0.2) is 26.5 Å². The molecule has 1 unspecified atom stereocenters. The Bertz CT molecular complexity index is 1300. The first-order chi connectivity index (χ1) is 15.9. The van der Waals surface area contributed by atoms with Crippen LogP contribution in [0.2, 0.25) is 0 Å². The highest BCUT2D eigenvalue weighted by Gasteiger charge is 2.25. The third-order valence-corrected chi connectivity index (χ3v) is 6.61. The molecular weight excluding hydrogens is 432 g/mol. The number of benzene rings is 3. The van der Waals surface area contributed by atoms with Gasteiger partial charge in [-0.1, -0.05) is 78.5 Å². The fraction of sp³-hybridized carbons (Fsp3) is 0.154. The fourth-order valence-corrected chi connectivity index (χ4v) is 4.51. The van der Waals surface area contributed by atoms with Crippen molar-refractivity contribution in [3.63, 3.8) is 0 Å². The number of hydrogen-bond donors (Lipinski definition) is 1. The summed E-state index contributed by atoms with van der Waals surface area (Å²) < 4.78 is 1.91. The minimum atomic E-state index is -0.556. The zero-order valence-corrected chi connectivity index (χ0v) is 19.5. The zero-order chi connectivity index (χ0) is 23.4. The second kappa shape index (κ2) is 9.83. The number of ketones is 1. The first-order valence-electron chi connectivity index (χ1n) is 10.5. The Morgan fingerprint density at radius 2 is 1.67 bits per heavy atom. The lowest BCUT2D eigenvalue weighted by Gasteiger charge is -2.17. The maximum atomic E-state index is 13.4. The summed E-state index contributed by atoms with van der Waals surface area (Å²) in [6.07, 6.45) is 0. The molecule has 1 atom stereocenters. The van der Waals surface area contributed by atoms with Crippen LogP contribution < -0.4 is 5.32 Å². The molecule has 4 aromatic rings. The lowest BCUT2D eigenvalue weighted by molar-refractivity contribution is -0.115. The average molecular weight is 457 g/mol. The van der Waals surface area contributed by atoms with E-state index in [4.69, 9.17) is 0 Å². The van der Waals surface area contributed by atoms with Gasteiger partial charge >= 0.3 is 0 Å². The minimum Gasteiger partial charge on any atom is -0.325 e. The number of thioether (sulfide) groups is 1. The van der Waals surface area contributed by atoms with Crippen LogP contribution in [0.15, 0.2) is 84.0 Å². The number of carbonyl (C=O) groups is 2. The van der Waals surface area contributed by atoms with Crippen molar-refractivity contribution in [3.8, 4) is 11.4 Å². The first kappa shape index (κ1) is 22.5. The molecule has 0 aliphatic carbocycles. The van der Waals surface area contributed by atoms with E-state index in [1.54, 1.807) is 24.3 Å². The van der Waals surface area contributed by atoms with Crippen molar-refractivity contribution in [2.24, 2.45) is 7.05 Å². The van der Waals surface area contributed by atoms with E-state index in [1.807, 2.05) is 73.1 Å².